The summed E-state index contributed by atoms with van der Waals surface area (Å²) in [6.07, 6.45) is 1.34. The molecule has 0 bridgehead atoms. The van der Waals surface area contributed by atoms with Crippen LogP contribution in [0.2, 0.25) is 0 Å². The van der Waals surface area contributed by atoms with Crippen LogP contribution < -0.4 is 5.56 Å². The van der Waals surface area contributed by atoms with Gasteiger partial charge in [0.15, 0.2) is 0 Å². The maximum absolute atomic E-state index is 11.7. The molecule has 1 heterocycles. The smallest absolute Gasteiger partial charge is 0.269 e. The summed E-state index contributed by atoms with van der Waals surface area (Å²) >= 11 is 5.51. The summed E-state index contributed by atoms with van der Waals surface area (Å²) < 4.78 is 6.94. The monoisotopic (exact) mass is 252 g/mol. The van der Waals surface area contributed by atoms with E-state index in [2.05, 4.69) is 4.98 Å². The maximum atomic E-state index is 11.7. The lowest BCUT2D eigenvalue weighted by atomic mass is 10.3. The predicted molar refractivity (Wildman–Crippen MR) is 67.5 cm³/mol. The standard InChI is InChI=1S/C12H13ClN2O2/c13-5-7-17-8-6-15-11-4-2-1-3-10(11)14-9-12(15)16/h1-4,9H,5-8H2. The van der Waals surface area contributed by atoms with Gasteiger partial charge < -0.3 is 9.30 Å². The number of ether oxygens (including phenoxy) is 1. The fraction of sp³-hybridized carbons (Fsp3) is 0.333. The quantitative estimate of drug-likeness (QED) is 0.600. The summed E-state index contributed by atoms with van der Waals surface area (Å²) in [7, 11) is 0. The normalized spacial score (nSPS) is 10.9. The highest BCUT2D eigenvalue weighted by Crippen LogP contribution is 2.07. The zero-order valence-corrected chi connectivity index (χ0v) is 10.1. The highest BCUT2D eigenvalue weighted by molar-refractivity contribution is 6.17. The SMILES string of the molecule is O=c1cnc2ccccc2n1CCOCCCl. The first-order chi connectivity index (χ1) is 8.33. The van der Waals surface area contributed by atoms with Gasteiger partial charge in [0, 0.05) is 12.4 Å². The Hall–Kier alpha value is -1.39. The Labute approximate surface area is 104 Å². The zero-order chi connectivity index (χ0) is 12.1. The number of fused-ring (bicyclic) bond motifs is 1. The predicted octanol–water partition coefficient (Wildman–Crippen LogP) is 1.65. The molecule has 4 nitrogen and oxygen atoms in total. The Kier molecular flexibility index (Phi) is 4.12. The van der Waals surface area contributed by atoms with Gasteiger partial charge in [0.05, 0.1) is 30.4 Å². The molecule has 0 spiro atoms. The van der Waals surface area contributed by atoms with Gasteiger partial charge in [0.1, 0.15) is 0 Å². The second kappa shape index (κ2) is 5.80. The first-order valence-electron chi connectivity index (χ1n) is 5.41. The van der Waals surface area contributed by atoms with Crippen molar-refractivity contribution in [1.82, 2.24) is 9.55 Å². The second-order valence-corrected chi connectivity index (χ2v) is 3.92. The molecule has 0 saturated heterocycles. The van der Waals surface area contributed by atoms with Crippen LogP contribution in [0.5, 0.6) is 0 Å². The van der Waals surface area contributed by atoms with E-state index in [1.165, 1.54) is 6.20 Å². The Bertz CT molecular complexity index is 553. The van der Waals surface area contributed by atoms with E-state index in [0.29, 0.717) is 25.6 Å². The first-order valence-corrected chi connectivity index (χ1v) is 5.94. The second-order valence-electron chi connectivity index (χ2n) is 3.54. The van der Waals surface area contributed by atoms with Crippen molar-refractivity contribution in [2.75, 3.05) is 19.1 Å². The summed E-state index contributed by atoms with van der Waals surface area (Å²) in [5.74, 6) is 0.464. The van der Waals surface area contributed by atoms with E-state index in [1.807, 2.05) is 24.3 Å². The van der Waals surface area contributed by atoms with Crippen LogP contribution in [0.15, 0.2) is 35.3 Å². The number of benzene rings is 1. The highest BCUT2D eigenvalue weighted by atomic mass is 35.5. The molecular weight excluding hydrogens is 240 g/mol. The van der Waals surface area contributed by atoms with Crippen molar-refractivity contribution in [3.05, 3.63) is 40.8 Å². The van der Waals surface area contributed by atoms with Crippen LogP contribution in [0.25, 0.3) is 11.0 Å². The summed E-state index contributed by atoms with van der Waals surface area (Å²) in [6.45, 7) is 1.48. The fourth-order valence-corrected chi connectivity index (χ4v) is 1.77. The van der Waals surface area contributed by atoms with Gasteiger partial charge in [0.2, 0.25) is 0 Å². The van der Waals surface area contributed by atoms with Crippen molar-refractivity contribution < 1.29 is 4.74 Å². The van der Waals surface area contributed by atoms with E-state index in [-0.39, 0.29) is 5.56 Å². The lowest BCUT2D eigenvalue weighted by Crippen LogP contribution is -2.23. The number of alkyl halides is 1. The van der Waals surface area contributed by atoms with Crippen molar-refractivity contribution in [2.45, 2.75) is 6.54 Å². The number of rotatable bonds is 5. The summed E-state index contributed by atoms with van der Waals surface area (Å²) in [6, 6.07) is 7.55. The summed E-state index contributed by atoms with van der Waals surface area (Å²) in [4.78, 5) is 15.8. The van der Waals surface area contributed by atoms with E-state index in [9.17, 15) is 4.79 Å². The Morgan fingerprint density at radius 1 is 1.29 bits per heavy atom. The number of nitrogens with zero attached hydrogens (tertiary/aromatic N) is 2. The van der Waals surface area contributed by atoms with Gasteiger partial charge in [-0.1, -0.05) is 12.1 Å². The fourth-order valence-electron chi connectivity index (χ4n) is 1.66. The van der Waals surface area contributed by atoms with Crippen molar-refractivity contribution in [3.63, 3.8) is 0 Å². The minimum absolute atomic E-state index is 0.113. The molecule has 2 aromatic rings. The number of halogens is 1. The van der Waals surface area contributed by atoms with E-state index in [4.69, 9.17) is 16.3 Å². The third-order valence-corrected chi connectivity index (χ3v) is 2.59. The van der Waals surface area contributed by atoms with Crippen LogP contribution in [-0.2, 0) is 11.3 Å². The molecule has 2 rings (SSSR count). The number of para-hydroxylation sites is 2. The van der Waals surface area contributed by atoms with Crippen LogP contribution in [0.1, 0.15) is 0 Å². The highest BCUT2D eigenvalue weighted by Gasteiger charge is 2.02. The summed E-state index contributed by atoms with van der Waals surface area (Å²) in [5, 5.41) is 0. The van der Waals surface area contributed by atoms with Gasteiger partial charge in [-0.3, -0.25) is 4.79 Å². The Morgan fingerprint density at radius 2 is 2.12 bits per heavy atom. The molecule has 0 saturated carbocycles. The van der Waals surface area contributed by atoms with Crippen molar-refractivity contribution in [1.29, 1.82) is 0 Å². The van der Waals surface area contributed by atoms with E-state index < -0.39 is 0 Å². The van der Waals surface area contributed by atoms with E-state index in [1.54, 1.807) is 4.57 Å². The number of hydrogen-bond donors (Lipinski definition) is 0. The van der Waals surface area contributed by atoms with Crippen LogP contribution in [0.3, 0.4) is 0 Å². The molecule has 0 unspecified atom stereocenters. The lowest BCUT2D eigenvalue weighted by Gasteiger charge is -2.09. The van der Waals surface area contributed by atoms with Crippen LogP contribution in [0.4, 0.5) is 0 Å². The molecule has 0 aliphatic rings. The maximum Gasteiger partial charge on any atom is 0.269 e. The minimum Gasteiger partial charge on any atom is -0.378 e. The molecule has 1 aromatic heterocycles. The largest absolute Gasteiger partial charge is 0.378 e. The topological polar surface area (TPSA) is 44.1 Å². The molecule has 90 valence electrons. The molecule has 0 radical (unpaired) electrons. The van der Waals surface area contributed by atoms with Crippen molar-refractivity contribution >= 4 is 22.6 Å². The third kappa shape index (κ3) is 2.84. The summed E-state index contributed by atoms with van der Waals surface area (Å²) in [5.41, 5.74) is 1.53. The van der Waals surface area contributed by atoms with Gasteiger partial charge in [-0.25, -0.2) is 4.98 Å². The van der Waals surface area contributed by atoms with Crippen LogP contribution >= 0.6 is 11.6 Å². The van der Waals surface area contributed by atoms with Crippen molar-refractivity contribution in [2.24, 2.45) is 0 Å². The average molecular weight is 253 g/mol. The van der Waals surface area contributed by atoms with Gasteiger partial charge in [-0.15, -0.1) is 11.6 Å². The molecule has 0 N–H and O–H groups in total. The number of aromatic nitrogens is 2. The Balaban J connectivity index is 2.25. The van der Waals surface area contributed by atoms with Crippen LogP contribution in [-0.4, -0.2) is 28.6 Å². The molecule has 0 aliphatic heterocycles. The zero-order valence-electron chi connectivity index (χ0n) is 9.30. The van der Waals surface area contributed by atoms with E-state index >= 15 is 0 Å². The van der Waals surface area contributed by atoms with Crippen LogP contribution in [0, 0.1) is 0 Å². The molecule has 0 fully saturated rings. The molecule has 5 heteroatoms. The molecule has 1 aromatic carbocycles. The number of hydrogen-bond acceptors (Lipinski definition) is 3. The first kappa shape index (κ1) is 12.1. The van der Waals surface area contributed by atoms with E-state index in [0.717, 1.165) is 11.0 Å². The molecular formula is C12H13ClN2O2. The third-order valence-electron chi connectivity index (χ3n) is 2.43. The molecule has 17 heavy (non-hydrogen) atoms. The van der Waals surface area contributed by atoms with Gasteiger partial charge >= 0.3 is 0 Å². The molecule has 0 atom stereocenters. The van der Waals surface area contributed by atoms with Gasteiger partial charge in [-0.2, -0.15) is 0 Å². The molecule has 0 amide bonds. The van der Waals surface area contributed by atoms with Gasteiger partial charge in [-0.05, 0) is 12.1 Å². The molecule has 0 aliphatic carbocycles. The minimum atomic E-state index is -0.113. The van der Waals surface area contributed by atoms with Gasteiger partial charge in [0.25, 0.3) is 5.56 Å². The Morgan fingerprint density at radius 3 is 2.94 bits per heavy atom. The lowest BCUT2D eigenvalue weighted by molar-refractivity contribution is 0.141. The van der Waals surface area contributed by atoms with Crippen molar-refractivity contribution in [3.8, 4) is 0 Å². The average Bonchev–Trinajstić information content (AvgIpc) is 2.37.